The van der Waals surface area contributed by atoms with Gasteiger partial charge in [0.15, 0.2) is 18.3 Å². The maximum Gasteiger partial charge on any atom is 0.341 e. The van der Waals surface area contributed by atoms with Gasteiger partial charge in [-0.15, -0.1) is 4.48 Å². The molecule has 0 radical (unpaired) electrons. The number of carbonyl (C=O) groups excluding carboxylic acids is 2. The number of rotatable bonds is 0. The van der Waals surface area contributed by atoms with Crippen molar-refractivity contribution in [3.8, 4) is 6.07 Å². The van der Waals surface area contributed by atoms with Crippen molar-refractivity contribution in [1.82, 2.24) is 5.12 Å². The molecule has 2 heterocycles. The molecule has 4 atom stereocenters. The molecule has 2 saturated heterocycles. The Balaban J connectivity index is 2.40. The van der Waals surface area contributed by atoms with Gasteiger partial charge in [0.1, 0.15) is 6.07 Å². The predicted octanol–water partition coefficient (Wildman–Crippen LogP) is -2.01. The number of esters is 2. The number of fused-ring (bicyclic) bond motifs is 1. The summed E-state index contributed by atoms with van der Waals surface area (Å²) in [6.07, 6.45) is -5.78. The Morgan fingerprint density at radius 2 is 2.00 bits per heavy atom. The molecule has 0 amide bonds. The van der Waals surface area contributed by atoms with E-state index < -0.39 is 36.0 Å². The Hall–Kier alpha value is -1.76. The molecule has 2 rings (SSSR count). The Morgan fingerprint density at radius 3 is 2.61 bits per heavy atom. The van der Waals surface area contributed by atoms with Crippen molar-refractivity contribution in [2.24, 2.45) is 0 Å². The highest BCUT2D eigenvalue weighted by Crippen LogP contribution is 2.35. The Kier molecular flexibility index (Phi) is 2.94. The van der Waals surface area contributed by atoms with Gasteiger partial charge in [-0.3, -0.25) is 0 Å². The van der Waals surface area contributed by atoms with E-state index in [1.165, 1.54) is 6.07 Å². The third-order valence-electron chi connectivity index (χ3n) is 2.84. The highest BCUT2D eigenvalue weighted by atomic mass is 19.2. The van der Waals surface area contributed by atoms with Crippen LogP contribution in [0.1, 0.15) is 6.42 Å². The Labute approximate surface area is 100 Å². The average molecular weight is 260 g/mol. The van der Waals surface area contributed by atoms with Crippen LogP contribution in [-0.2, 0) is 19.1 Å². The molecule has 18 heavy (non-hydrogen) atoms. The lowest BCUT2D eigenvalue weighted by molar-refractivity contribution is -0.239. The quantitative estimate of drug-likeness (QED) is 0.378. The smallest absolute Gasteiger partial charge is 0.341 e. The minimum absolute atomic E-state index is 0.0761. The molecular weight excluding hydrogens is 251 g/mol. The summed E-state index contributed by atoms with van der Waals surface area (Å²) in [5.74, 6) is -2.77. The van der Waals surface area contributed by atoms with Crippen molar-refractivity contribution < 1.29 is 33.8 Å². The number of nitrogens with zero attached hydrogens (tertiary/aromatic N) is 2. The maximum atomic E-state index is 13.6. The fraction of sp³-hybridized carbons (Fsp3) is 0.667. The molecule has 2 aliphatic heterocycles. The summed E-state index contributed by atoms with van der Waals surface area (Å²) in [6, 6.07) is 1.42. The van der Waals surface area contributed by atoms with Gasteiger partial charge in [-0.25, -0.2) is 9.59 Å². The molecule has 2 N–H and O–H groups in total. The molecule has 0 bridgehead atoms. The second kappa shape index (κ2) is 4.16. The summed E-state index contributed by atoms with van der Waals surface area (Å²) in [5, 5.41) is 27.4. The van der Waals surface area contributed by atoms with E-state index in [9.17, 15) is 24.3 Å². The van der Waals surface area contributed by atoms with Gasteiger partial charge in [0.05, 0.1) is 0 Å². The van der Waals surface area contributed by atoms with Crippen LogP contribution in [-0.4, -0.2) is 57.9 Å². The minimum Gasteiger partial charge on any atom is -0.453 e. The average Bonchev–Trinajstić information content (AvgIpc) is 2.64. The summed E-state index contributed by atoms with van der Waals surface area (Å²) < 4.78 is 22.8. The van der Waals surface area contributed by atoms with Crippen molar-refractivity contribution in [3.63, 3.8) is 0 Å². The number of hydrogen-bond donors (Lipinski definition) is 2. The number of aliphatic hydroxyl groups excluding tert-OH is 2. The number of nitriles is 1. The third kappa shape index (κ3) is 1.62. The first-order valence-corrected chi connectivity index (χ1v) is 5.06. The molecule has 0 aliphatic carbocycles. The molecular formula is C9H9FN2O6. The SMILES string of the molecule is N#CC12OC(=O)C(O)C(O)C(=O)OC1CCN2F. The van der Waals surface area contributed by atoms with Gasteiger partial charge in [-0.1, -0.05) is 5.12 Å². The lowest BCUT2D eigenvalue weighted by Crippen LogP contribution is -2.57. The van der Waals surface area contributed by atoms with Gasteiger partial charge in [0, 0.05) is 13.0 Å². The van der Waals surface area contributed by atoms with Crippen LogP contribution in [0.3, 0.4) is 0 Å². The van der Waals surface area contributed by atoms with Crippen LogP contribution in [0.5, 0.6) is 0 Å². The molecule has 0 spiro atoms. The van der Waals surface area contributed by atoms with E-state index in [2.05, 4.69) is 9.47 Å². The molecule has 2 aliphatic rings. The third-order valence-corrected chi connectivity index (χ3v) is 2.84. The van der Waals surface area contributed by atoms with Crippen molar-refractivity contribution in [2.45, 2.75) is 30.5 Å². The number of aliphatic hydroxyl groups is 2. The van der Waals surface area contributed by atoms with E-state index in [0.29, 0.717) is 0 Å². The van der Waals surface area contributed by atoms with Crippen LogP contribution >= 0.6 is 0 Å². The molecule has 0 aromatic heterocycles. The first-order valence-electron chi connectivity index (χ1n) is 5.06. The fourth-order valence-electron chi connectivity index (χ4n) is 1.83. The lowest BCUT2D eigenvalue weighted by Gasteiger charge is -2.33. The van der Waals surface area contributed by atoms with Crippen molar-refractivity contribution in [3.05, 3.63) is 0 Å². The highest BCUT2D eigenvalue weighted by molar-refractivity contribution is 5.86. The summed E-state index contributed by atoms with van der Waals surface area (Å²) in [4.78, 5) is 22.7. The Morgan fingerprint density at radius 1 is 1.39 bits per heavy atom. The molecule has 0 aromatic carbocycles. The van der Waals surface area contributed by atoms with Gasteiger partial charge in [-0.2, -0.15) is 5.26 Å². The second-order valence-electron chi connectivity index (χ2n) is 3.92. The largest absolute Gasteiger partial charge is 0.453 e. The summed E-state index contributed by atoms with van der Waals surface area (Å²) in [7, 11) is 0. The van der Waals surface area contributed by atoms with Gasteiger partial charge in [0.25, 0.3) is 0 Å². The van der Waals surface area contributed by atoms with E-state index in [4.69, 9.17) is 5.26 Å². The Bertz CT molecular complexity index is 437. The van der Waals surface area contributed by atoms with Crippen LogP contribution < -0.4 is 0 Å². The zero-order valence-corrected chi connectivity index (χ0v) is 8.95. The summed E-state index contributed by atoms with van der Waals surface area (Å²) in [6.45, 7) is -0.287. The van der Waals surface area contributed by atoms with Crippen LogP contribution in [0.4, 0.5) is 4.48 Å². The van der Waals surface area contributed by atoms with Gasteiger partial charge in [0.2, 0.25) is 0 Å². The van der Waals surface area contributed by atoms with Crippen LogP contribution in [0.2, 0.25) is 0 Å². The molecule has 2 fully saturated rings. The molecule has 0 aromatic rings. The molecule has 8 nitrogen and oxygen atoms in total. The number of hydrogen-bond acceptors (Lipinski definition) is 8. The monoisotopic (exact) mass is 260 g/mol. The first kappa shape index (κ1) is 12.7. The summed E-state index contributed by atoms with van der Waals surface area (Å²) in [5.41, 5.74) is -2.41. The standard InChI is InChI=1S/C9H9FN2O6/c10-12-2-1-4-9(12,3-11)18-8(16)6(14)5(13)7(15)17-4/h4-6,13-14H,1-2H2. The number of carbonyl (C=O) groups is 2. The molecule has 4 unspecified atom stereocenters. The first-order chi connectivity index (χ1) is 8.42. The zero-order valence-electron chi connectivity index (χ0n) is 8.95. The topological polar surface area (TPSA) is 120 Å². The molecule has 9 heteroatoms. The number of ether oxygens (including phenoxy) is 2. The number of halogens is 1. The van der Waals surface area contributed by atoms with E-state index in [1.807, 2.05) is 0 Å². The van der Waals surface area contributed by atoms with E-state index in [1.54, 1.807) is 0 Å². The van der Waals surface area contributed by atoms with Crippen LogP contribution in [0.25, 0.3) is 0 Å². The van der Waals surface area contributed by atoms with Gasteiger partial charge in [-0.05, 0) is 0 Å². The fourth-order valence-corrected chi connectivity index (χ4v) is 1.83. The van der Waals surface area contributed by atoms with Crippen molar-refractivity contribution in [2.75, 3.05) is 6.54 Å². The highest BCUT2D eigenvalue weighted by Gasteiger charge is 2.59. The minimum atomic E-state index is -2.41. The molecule has 98 valence electrons. The van der Waals surface area contributed by atoms with Gasteiger partial charge >= 0.3 is 17.7 Å². The maximum absolute atomic E-state index is 13.6. The second-order valence-corrected chi connectivity index (χ2v) is 3.92. The van der Waals surface area contributed by atoms with E-state index in [0.717, 1.165) is 0 Å². The summed E-state index contributed by atoms with van der Waals surface area (Å²) >= 11 is 0. The van der Waals surface area contributed by atoms with Crippen molar-refractivity contribution in [1.29, 1.82) is 5.26 Å². The van der Waals surface area contributed by atoms with E-state index >= 15 is 0 Å². The molecule has 0 saturated carbocycles. The van der Waals surface area contributed by atoms with Crippen LogP contribution in [0.15, 0.2) is 0 Å². The lowest BCUT2D eigenvalue weighted by atomic mass is 10.1. The predicted molar refractivity (Wildman–Crippen MR) is 48.8 cm³/mol. The van der Waals surface area contributed by atoms with Crippen LogP contribution in [0, 0.1) is 11.3 Å². The van der Waals surface area contributed by atoms with Crippen molar-refractivity contribution >= 4 is 11.9 Å². The normalized spacial score (nSPS) is 41.1. The van der Waals surface area contributed by atoms with E-state index in [-0.39, 0.29) is 18.1 Å². The van der Waals surface area contributed by atoms with Gasteiger partial charge < -0.3 is 19.7 Å². The zero-order chi connectivity index (χ0) is 13.5.